The Labute approximate surface area is 160 Å². The van der Waals surface area contributed by atoms with Gasteiger partial charge in [0.1, 0.15) is 5.76 Å². The van der Waals surface area contributed by atoms with E-state index in [2.05, 4.69) is 33.8 Å². The van der Waals surface area contributed by atoms with E-state index in [0.29, 0.717) is 21.7 Å². The predicted octanol–water partition coefficient (Wildman–Crippen LogP) is 5.50. The molecule has 5 nitrogen and oxygen atoms in total. The number of thioether (sulfide) groups is 1. The molecule has 0 radical (unpaired) electrons. The molecule has 2 aromatic heterocycles. The van der Waals surface area contributed by atoms with Crippen molar-refractivity contribution in [3.63, 3.8) is 0 Å². The molecule has 0 aliphatic heterocycles. The Hall–Kier alpha value is -1.50. The minimum absolute atomic E-state index is 0.439. The third-order valence-corrected chi connectivity index (χ3v) is 5.01. The molecule has 3 aromatic rings. The van der Waals surface area contributed by atoms with Gasteiger partial charge in [0.2, 0.25) is 0 Å². The largest absolute Gasteiger partial charge is 0.361 e. The van der Waals surface area contributed by atoms with E-state index in [1.54, 1.807) is 17.8 Å². The van der Waals surface area contributed by atoms with Gasteiger partial charge in [0.15, 0.2) is 11.0 Å². The summed E-state index contributed by atoms with van der Waals surface area (Å²) >= 11 is 13.9. The van der Waals surface area contributed by atoms with Crippen molar-refractivity contribution in [2.24, 2.45) is 5.92 Å². The van der Waals surface area contributed by atoms with E-state index in [4.69, 9.17) is 27.7 Å². The Morgan fingerprint density at radius 2 is 2.00 bits per heavy atom. The van der Waals surface area contributed by atoms with Gasteiger partial charge in [-0.25, -0.2) is 0 Å². The van der Waals surface area contributed by atoms with Gasteiger partial charge in [-0.05, 0) is 31.0 Å². The summed E-state index contributed by atoms with van der Waals surface area (Å²) in [5.41, 5.74) is 1.70. The number of nitrogens with zero attached hydrogens (tertiary/aromatic N) is 4. The Bertz CT molecular complexity index is 875. The molecule has 0 saturated heterocycles. The third-order valence-electron chi connectivity index (χ3n) is 3.46. The van der Waals surface area contributed by atoms with Crippen LogP contribution in [-0.2, 0) is 12.3 Å². The second kappa shape index (κ2) is 7.81. The van der Waals surface area contributed by atoms with Gasteiger partial charge in [-0.15, -0.1) is 10.2 Å². The molecule has 0 spiro atoms. The first kappa shape index (κ1) is 18.3. The maximum Gasteiger partial charge on any atom is 0.191 e. The highest BCUT2D eigenvalue weighted by molar-refractivity contribution is 7.98. The lowest BCUT2D eigenvalue weighted by atomic mass is 10.2. The zero-order valence-corrected chi connectivity index (χ0v) is 16.5. The lowest BCUT2D eigenvalue weighted by molar-refractivity contribution is 0.393. The van der Waals surface area contributed by atoms with E-state index >= 15 is 0 Å². The predicted molar refractivity (Wildman–Crippen MR) is 101 cm³/mol. The monoisotopic (exact) mass is 396 g/mol. The molecule has 0 N–H and O–H groups in total. The highest BCUT2D eigenvalue weighted by atomic mass is 35.5. The third kappa shape index (κ3) is 4.37. The molecule has 132 valence electrons. The summed E-state index contributed by atoms with van der Waals surface area (Å²) in [6.07, 6.45) is 0. The molecular formula is C17H18Cl2N4OS. The number of hydrogen-bond acceptors (Lipinski definition) is 5. The Morgan fingerprint density at radius 3 is 2.64 bits per heavy atom. The minimum atomic E-state index is 0.439. The van der Waals surface area contributed by atoms with Crippen molar-refractivity contribution in [2.45, 2.75) is 38.2 Å². The van der Waals surface area contributed by atoms with Gasteiger partial charge in [0.05, 0.1) is 10.7 Å². The molecule has 3 rings (SSSR count). The summed E-state index contributed by atoms with van der Waals surface area (Å²) in [6, 6.07) is 7.33. The van der Waals surface area contributed by atoms with Crippen molar-refractivity contribution in [2.75, 3.05) is 0 Å². The molecule has 0 aliphatic rings. The first-order valence-corrected chi connectivity index (χ1v) is 9.62. The van der Waals surface area contributed by atoms with Gasteiger partial charge in [0.25, 0.3) is 0 Å². The smallest absolute Gasteiger partial charge is 0.191 e. The van der Waals surface area contributed by atoms with Crippen LogP contribution in [0.15, 0.2) is 33.9 Å². The zero-order chi connectivity index (χ0) is 18.0. The van der Waals surface area contributed by atoms with Gasteiger partial charge in [-0.3, -0.25) is 0 Å². The summed E-state index contributed by atoms with van der Waals surface area (Å²) < 4.78 is 7.21. The molecule has 2 heterocycles. The molecule has 1 aromatic carbocycles. The van der Waals surface area contributed by atoms with Crippen LogP contribution in [0.1, 0.15) is 25.3 Å². The highest BCUT2D eigenvalue weighted by Crippen LogP contribution is 2.32. The van der Waals surface area contributed by atoms with E-state index < -0.39 is 0 Å². The zero-order valence-electron chi connectivity index (χ0n) is 14.2. The fraction of sp³-hybridized carbons (Fsp3) is 0.353. The molecular weight excluding hydrogens is 379 g/mol. The Balaban J connectivity index is 1.92. The molecule has 0 aliphatic carbocycles. The number of aryl methyl sites for hydroxylation is 1. The minimum Gasteiger partial charge on any atom is -0.361 e. The lowest BCUT2D eigenvalue weighted by Crippen LogP contribution is -2.08. The first-order valence-electron chi connectivity index (χ1n) is 7.87. The Kier molecular flexibility index (Phi) is 5.71. The van der Waals surface area contributed by atoms with Crippen molar-refractivity contribution in [1.29, 1.82) is 0 Å². The van der Waals surface area contributed by atoms with Gasteiger partial charge in [-0.2, -0.15) is 0 Å². The van der Waals surface area contributed by atoms with Crippen LogP contribution in [0.4, 0.5) is 0 Å². The fourth-order valence-corrected chi connectivity index (χ4v) is 3.74. The molecule has 0 atom stereocenters. The van der Waals surface area contributed by atoms with Gasteiger partial charge >= 0.3 is 0 Å². The van der Waals surface area contributed by atoms with Crippen LogP contribution in [0.2, 0.25) is 10.0 Å². The SMILES string of the molecule is Cc1cc(CSc2nnc(-c3ccc(Cl)cc3Cl)n2CC(C)C)no1. The standard InChI is InChI=1S/C17H18Cl2N4OS/c1-10(2)8-23-16(14-5-4-12(18)7-15(14)19)20-21-17(23)25-9-13-6-11(3)24-22-13/h4-7,10H,8-9H2,1-3H3. The van der Waals surface area contributed by atoms with E-state index in [9.17, 15) is 0 Å². The first-order chi connectivity index (χ1) is 11.9. The van der Waals surface area contributed by atoms with Crippen LogP contribution in [0, 0.1) is 12.8 Å². The van der Waals surface area contributed by atoms with Crippen molar-refractivity contribution in [1.82, 2.24) is 19.9 Å². The van der Waals surface area contributed by atoms with E-state index in [1.807, 2.05) is 25.1 Å². The Morgan fingerprint density at radius 1 is 1.20 bits per heavy atom. The normalized spacial score (nSPS) is 11.4. The summed E-state index contributed by atoms with van der Waals surface area (Å²) in [5.74, 6) is 2.65. The van der Waals surface area contributed by atoms with Crippen LogP contribution >= 0.6 is 35.0 Å². The molecule has 0 saturated carbocycles. The molecule has 0 unspecified atom stereocenters. The maximum absolute atomic E-state index is 6.36. The second-order valence-electron chi connectivity index (χ2n) is 6.15. The number of hydrogen-bond donors (Lipinski definition) is 0. The summed E-state index contributed by atoms with van der Waals surface area (Å²) in [4.78, 5) is 0. The second-order valence-corrected chi connectivity index (χ2v) is 7.94. The summed E-state index contributed by atoms with van der Waals surface area (Å²) in [7, 11) is 0. The summed E-state index contributed by atoms with van der Waals surface area (Å²) in [5, 5.41) is 14.7. The van der Waals surface area contributed by atoms with E-state index in [0.717, 1.165) is 34.5 Å². The van der Waals surface area contributed by atoms with Crippen molar-refractivity contribution in [3.8, 4) is 11.4 Å². The van der Waals surface area contributed by atoms with Gasteiger partial charge < -0.3 is 9.09 Å². The van der Waals surface area contributed by atoms with Crippen LogP contribution in [0.5, 0.6) is 0 Å². The van der Waals surface area contributed by atoms with Crippen molar-refractivity contribution >= 4 is 35.0 Å². The highest BCUT2D eigenvalue weighted by Gasteiger charge is 2.18. The number of benzene rings is 1. The maximum atomic E-state index is 6.36. The van der Waals surface area contributed by atoms with Gasteiger partial charge in [0, 0.05) is 29.0 Å². The molecule has 0 fully saturated rings. The van der Waals surface area contributed by atoms with E-state index in [1.165, 1.54) is 0 Å². The average molecular weight is 397 g/mol. The van der Waals surface area contributed by atoms with Gasteiger partial charge in [-0.1, -0.05) is 54.0 Å². The molecule has 8 heteroatoms. The quantitative estimate of drug-likeness (QED) is 0.515. The summed E-state index contributed by atoms with van der Waals surface area (Å²) in [6.45, 7) is 6.98. The van der Waals surface area contributed by atoms with Crippen molar-refractivity contribution in [3.05, 3.63) is 45.8 Å². The number of halogens is 2. The molecule has 0 bridgehead atoms. The topological polar surface area (TPSA) is 56.7 Å². The van der Waals surface area contributed by atoms with Crippen molar-refractivity contribution < 1.29 is 4.52 Å². The van der Waals surface area contributed by atoms with Crippen LogP contribution < -0.4 is 0 Å². The number of aromatic nitrogens is 4. The van der Waals surface area contributed by atoms with Crippen LogP contribution in [0.3, 0.4) is 0 Å². The molecule has 0 amide bonds. The fourth-order valence-electron chi connectivity index (χ4n) is 2.42. The van der Waals surface area contributed by atoms with E-state index in [-0.39, 0.29) is 0 Å². The molecule has 25 heavy (non-hydrogen) atoms. The van der Waals surface area contributed by atoms with Crippen LogP contribution in [0.25, 0.3) is 11.4 Å². The lowest BCUT2D eigenvalue weighted by Gasteiger charge is -2.13. The average Bonchev–Trinajstić information content (AvgIpc) is 3.12. The van der Waals surface area contributed by atoms with Crippen LogP contribution in [-0.4, -0.2) is 19.9 Å². The number of rotatable bonds is 6.